The van der Waals surface area contributed by atoms with E-state index in [0.29, 0.717) is 16.7 Å². The van der Waals surface area contributed by atoms with Gasteiger partial charge in [0.25, 0.3) is 5.69 Å². The third-order valence-electron chi connectivity index (χ3n) is 6.81. The summed E-state index contributed by atoms with van der Waals surface area (Å²) in [7, 11) is 1.19. The van der Waals surface area contributed by atoms with Crippen LogP contribution < -0.4 is 5.32 Å². The van der Waals surface area contributed by atoms with Crippen molar-refractivity contribution < 1.29 is 19.2 Å². The molecule has 2 aromatic heterocycles. The van der Waals surface area contributed by atoms with Crippen LogP contribution in [0.4, 0.5) is 11.4 Å². The molecule has 40 heavy (non-hydrogen) atoms. The molecule has 1 N–H and O–H groups in total. The molecule has 0 saturated heterocycles. The van der Waals surface area contributed by atoms with Crippen LogP contribution in [0, 0.1) is 10.1 Å². The van der Waals surface area contributed by atoms with Crippen LogP contribution in [0.2, 0.25) is 0 Å². The molecule has 0 atom stereocenters. The number of imidazole rings is 1. The number of rotatable bonds is 8. The fourth-order valence-electron chi connectivity index (χ4n) is 4.82. The zero-order valence-electron chi connectivity index (χ0n) is 21.4. The van der Waals surface area contributed by atoms with Gasteiger partial charge >= 0.3 is 5.97 Å². The van der Waals surface area contributed by atoms with E-state index >= 15 is 0 Å². The van der Waals surface area contributed by atoms with Gasteiger partial charge in [0.1, 0.15) is 5.69 Å². The Balaban J connectivity index is 1.32. The van der Waals surface area contributed by atoms with E-state index in [1.54, 1.807) is 6.20 Å². The number of methoxy groups -OCH3 is 1. The van der Waals surface area contributed by atoms with E-state index in [-0.39, 0.29) is 17.0 Å². The minimum atomic E-state index is -0.707. The summed E-state index contributed by atoms with van der Waals surface area (Å²) in [5.41, 5.74) is 3.24. The number of pyridine rings is 1. The number of hydrogen-bond acceptors (Lipinski definition) is 8. The summed E-state index contributed by atoms with van der Waals surface area (Å²) in [5.74, 6) is -0.637. The Morgan fingerprint density at radius 1 is 1.10 bits per heavy atom. The maximum Gasteiger partial charge on any atom is 0.338 e. The Hall–Kier alpha value is -4.77. The highest BCUT2D eigenvalue weighted by Gasteiger charge is 2.27. The second kappa shape index (κ2) is 10.4. The molecule has 0 spiro atoms. The van der Waals surface area contributed by atoms with Gasteiger partial charge in [-0.2, -0.15) is 0 Å². The first-order valence-electron chi connectivity index (χ1n) is 12.6. The molecule has 5 aromatic rings. The van der Waals surface area contributed by atoms with Crippen molar-refractivity contribution in [3.05, 3.63) is 94.2 Å². The lowest BCUT2D eigenvalue weighted by Crippen LogP contribution is -2.16. The fraction of sp³-hybridized carbons (Fsp3) is 0.172. The van der Waals surface area contributed by atoms with Crippen LogP contribution in [-0.2, 0) is 9.53 Å². The maximum atomic E-state index is 12.9. The number of fused-ring (bicyclic) bond motifs is 2. The predicted molar refractivity (Wildman–Crippen MR) is 152 cm³/mol. The molecule has 10 nitrogen and oxygen atoms in total. The van der Waals surface area contributed by atoms with E-state index in [2.05, 4.69) is 39.3 Å². The summed E-state index contributed by atoms with van der Waals surface area (Å²) in [5, 5.41) is 17.0. The lowest BCUT2D eigenvalue weighted by molar-refractivity contribution is -0.384. The van der Waals surface area contributed by atoms with Crippen molar-refractivity contribution >= 4 is 56.9 Å². The molecule has 1 fully saturated rings. The maximum absolute atomic E-state index is 12.9. The number of benzene rings is 3. The molecule has 6 rings (SSSR count). The average molecular weight is 554 g/mol. The van der Waals surface area contributed by atoms with Gasteiger partial charge in [-0.05, 0) is 60.0 Å². The Morgan fingerprint density at radius 2 is 1.90 bits per heavy atom. The number of anilines is 1. The predicted octanol–water partition coefficient (Wildman–Crippen LogP) is 5.88. The quantitative estimate of drug-likeness (QED) is 0.109. The highest BCUT2D eigenvalue weighted by molar-refractivity contribution is 7.99. The average Bonchev–Trinajstić information content (AvgIpc) is 3.75. The Morgan fingerprint density at radius 3 is 2.65 bits per heavy atom. The summed E-state index contributed by atoms with van der Waals surface area (Å²) in [6, 6.07) is 20.1. The molecule has 3 aromatic carbocycles. The van der Waals surface area contributed by atoms with E-state index in [9.17, 15) is 19.7 Å². The van der Waals surface area contributed by atoms with E-state index in [1.807, 2.05) is 28.8 Å². The van der Waals surface area contributed by atoms with Gasteiger partial charge in [0, 0.05) is 17.6 Å². The summed E-state index contributed by atoms with van der Waals surface area (Å²) < 4.78 is 6.64. The van der Waals surface area contributed by atoms with E-state index in [1.165, 1.54) is 54.8 Å². The molecule has 0 unspecified atom stereocenters. The van der Waals surface area contributed by atoms with Gasteiger partial charge in [-0.15, -0.1) is 0 Å². The van der Waals surface area contributed by atoms with Gasteiger partial charge in [0.2, 0.25) is 5.91 Å². The van der Waals surface area contributed by atoms with Gasteiger partial charge in [-0.1, -0.05) is 42.1 Å². The third kappa shape index (κ3) is 4.75. The second-order valence-electron chi connectivity index (χ2n) is 9.39. The van der Waals surface area contributed by atoms with Crippen LogP contribution in [0.3, 0.4) is 0 Å². The standard InChI is InChI=1S/C29H23N5O5S/c1-39-28(36)18-10-12-22(25(15-18)34(37)38)31-26(35)16-40-29-32-27-24(7-4-14-30-27)33(29)23-13-11-19(17-8-9-17)20-5-2-3-6-21(20)23/h2-7,10-15,17H,8-9,16H2,1H3,(H,31,35). The molecular formula is C29H23N5O5S. The summed E-state index contributed by atoms with van der Waals surface area (Å²) in [4.78, 5) is 44.8. The normalized spacial score (nSPS) is 12.9. The number of nitrogens with zero attached hydrogens (tertiary/aromatic N) is 4. The summed E-state index contributed by atoms with van der Waals surface area (Å²) in [6.45, 7) is 0. The first kappa shape index (κ1) is 25.5. The van der Waals surface area contributed by atoms with Crippen LogP contribution in [0.5, 0.6) is 0 Å². The van der Waals surface area contributed by atoms with Crippen molar-refractivity contribution in [3.63, 3.8) is 0 Å². The van der Waals surface area contributed by atoms with E-state index < -0.39 is 22.5 Å². The van der Waals surface area contributed by atoms with Gasteiger partial charge in [-0.25, -0.2) is 14.8 Å². The highest BCUT2D eigenvalue weighted by atomic mass is 32.2. The molecule has 200 valence electrons. The number of nitrogens with one attached hydrogen (secondary N) is 1. The van der Waals surface area contributed by atoms with E-state index in [0.717, 1.165) is 22.7 Å². The molecule has 1 saturated carbocycles. The first-order valence-corrected chi connectivity index (χ1v) is 13.6. The molecular weight excluding hydrogens is 530 g/mol. The molecule has 1 aliphatic carbocycles. The third-order valence-corrected chi connectivity index (χ3v) is 7.75. The van der Waals surface area contributed by atoms with Crippen LogP contribution in [0.15, 0.2) is 78.1 Å². The van der Waals surface area contributed by atoms with Gasteiger partial charge in [0.15, 0.2) is 10.8 Å². The minimum absolute atomic E-state index is 0.0138. The van der Waals surface area contributed by atoms with Crippen LogP contribution in [0.1, 0.15) is 34.7 Å². The Bertz CT molecular complexity index is 1810. The van der Waals surface area contributed by atoms with Crippen LogP contribution in [0.25, 0.3) is 27.6 Å². The number of carbonyl (C=O) groups excluding carboxylic acids is 2. The molecule has 0 bridgehead atoms. The van der Waals surface area contributed by atoms with Crippen molar-refractivity contribution in [1.29, 1.82) is 0 Å². The number of nitro groups is 1. The SMILES string of the molecule is COC(=O)c1ccc(NC(=O)CSc2nc3ncccc3n2-c2ccc(C3CC3)c3ccccc23)c([N+](=O)[O-])c1. The lowest BCUT2D eigenvalue weighted by Gasteiger charge is -2.14. The Labute approximate surface area is 232 Å². The van der Waals surface area contributed by atoms with Crippen molar-refractivity contribution in [2.75, 3.05) is 18.2 Å². The Kier molecular flexibility index (Phi) is 6.64. The van der Waals surface area contributed by atoms with Crippen molar-refractivity contribution in [3.8, 4) is 5.69 Å². The molecule has 2 heterocycles. The number of aromatic nitrogens is 3. The molecule has 1 aliphatic rings. The summed E-state index contributed by atoms with van der Waals surface area (Å²) >= 11 is 1.21. The fourth-order valence-corrected chi connectivity index (χ4v) is 5.63. The zero-order chi connectivity index (χ0) is 27.8. The number of amides is 1. The summed E-state index contributed by atoms with van der Waals surface area (Å²) in [6.07, 6.45) is 4.06. The van der Waals surface area contributed by atoms with Crippen LogP contribution in [-0.4, -0.2) is 44.2 Å². The lowest BCUT2D eigenvalue weighted by atomic mass is 9.99. The number of thioether (sulfide) groups is 1. The zero-order valence-corrected chi connectivity index (χ0v) is 22.2. The smallest absolute Gasteiger partial charge is 0.338 e. The van der Waals surface area contributed by atoms with Gasteiger partial charge in [0.05, 0.1) is 34.6 Å². The number of esters is 1. The largest absolute Gasteiger partial charge is 0.465 e. The highest BCUT2D eigenvalue weighted by Crippen LogP contribution is 2.44. The molecule has 0 radical (unpaired) electrons. The number of carbonyl (C=O) groups is 2. The van der Waals surface area contributed by atoms with Crippen molar-refractivity contribution in [2.24, 2.45) is 0 Å². The first-order chi connectivity index (χ1) is 19.4. The topological polar surface area (TPSA) is 129 Å². The monoisotopic (exact) mass is 553 g/mol. The van der Waals surface area contributed by atoms with Crippen molar-refractivity contribution in [1.82, 2.24) is 14.5 Å². The number of ether oxygens (including phenoxy) is 1. The minimum Gasteiger partial charge on any atom is -0.465 e. The second-order valence-corrected chi connectivity index (χ2v) is 10.3. The molecule has 1 amide bonds. The molecule has 0 aliphatic heterocycles. The van der Waals surface area contributed by atoms with Crippen molar-refractivity contribution in [2.45, 2.75) is 23.9 Å². The number of nitro benzene ring substituents is 1. The van der Waals surface area contributed by atoms with Crippen LogP contribution >= 0.6 is 11.8 Å². The van der Waals surface area contributed by atoms with Gasteiger partial charge < -0.3 is 10.1 Å². The van der Waals surface area contributed by atoms with Gasteiger partial charge in [-0.3, -0.25) is 19.5 Å². The molecule has 11 heteroatoms. The number of hydrogen-bond donors (Lipinski definition) is 1. The van der Waals surface area contributed by atoms with E-state index in [4.69, 9.17) is 4.98 Å².